The molecule has 1 unspecified atom stereocenters. The molecule has 27 heavy (non-hydrogen) atoms. The third-order valence-electron chi connectivity index (χ3n) is 5.12. The second kappa shape index (κ2) is 6.92. The van der Waals surface area contributed by atoms with Crippen molar-refractivity contribution in [2.45, 2.75) is 13.0 Å². The molecule has 3 aromatic rings. The van der Waals surface area contributed by atoms with Gasteiger partial charge in [0.25, 0.3) is 11.8 Å². The van der Waals surface area contributed by atoms with Gasteiger partial charge in [0.2, 0.25) is 0 Å². The maximum absolute atomic E-state index is 12.7. The fourth-order valence-corrected chi connectivity index (χ4v) is 3.53. The Kier molecular flexibility index (Phi) is 4.45. The highest BCUT2D eigenvalue weighted by Crippen LogP contribution is 2.36. The van der Waals surface area contributed by atoms with Crippen molar-refractivity contribution in [3.05, 3.63) is 36.4 Å². The average molecular weight is 368 g/mol. The van der Waals surface area contributed by atoms with Gasteiger partial charge in [-0.3, -0.25) is 9.59 Å². The van der Waals surface area contributed by atoms with E-state index in [1.165, 1.54) is 0 Å². The third-order valence-corrected chi connectivity index (χ3v) is 5.12. The van der Waals surface area contributed by atoms with Crippen LogP contribution in [-0.4, -0.2) is 44.6 Å². The minimum Gasteiger partial charge on any atom is -0.495 e. The van der Waals surface area contributed by atoms with Gasteiger partial charge in [-0.15, -0.1) is 0 Å². The van der Waals surface area contributed by atoms with Crippen molar-refractivity contribution in [1.29, 1.82) is 0 Å². The number of anilines is 1. The second-order valence-electron chi connectivity index (χ2n) is 6.79. The van der Waals surface area contributed by atoms with Crippen molar-refractivity contribution < 1.29 is 23.6 Å². The Hall–Kier alpha value is -3.06. The van der Waals surface area contributed by atoms with Gasteiger partial charge in [0.15, 0.2) is 12.6 Å². The van der Waals surface area contributed by atoms with Crippen LogP contribution in [0.3, 0.4) is 0 Å². The molecule has 0 radical (unpaired) electrons. The number of quaternary nitrogens is 1. The van der Waals surface area contributed by atoms with Crippen molar-refractivity contribution in [3.63, 3.8) is 0 Å². The minimum absolute atomic E-state index is 0.0304. The summed E-state index contributed by atoms with van der Waals surface area (Å²) in [5.41, 5.74) is 2.03. The average Bonchev–Trinajstić information content (AvgIpc) is 3.04. The van der Waals surface area contributed by atoms with Crippen LogP contribution in [0.1, 0.15) is 6.92 Å². The van der Waals surface area contributed by atoms with E-state index in [0.717, 1.165) is 27.8 Å². The van der Waals surface area contributed by atoms with Gasteiger partial charge >= 0.3 is 0 Å². The van der Waals surface area contributed by atoms with Crippen molar-refractivity contribution in [1.82, 2.24) is 5.32 Å². The molecule has 7 heteroatoms. The molecular weight excluding hydrogens is 346 g/mol. The van der Waals surface area contributed by atoms with E-state index in [1.54, 1.807) is 13.2 Å². The van der Waals surface area contributed by atoms with Gasteiger partial charge in [-0.2, -0.15) is 0 Å². The highest BCUT2D eigenvalue weighted by atomic mass is 16.5. The van der Waals surface area contributed by atoms with E-state index in [0.29, 0.717) is 30.1 Å². The Morgan fingerprint density at radius 2 is 2.07 bits per heavy atom. The Bertz CT molecular complexity index is 1030. The van der Waals surface area contributed by atoms with Crippen LogP contribution in [0.4, 0.5) is 5.69 Å². The standard InChI is InChI=1S/C20H21N3O4/c1-12(23-8-7-21-19(24)11-23)20(25)22-15-10-17-14(9-18(15)26-2)13-5-3-4-6-16(13)27-17/h3-6,9-10,12H,7-8,11H2,1-2H3,(H,21,24)(H,22,25)/p+1/t12-/m1/s1. The molecule has 0 aliphatic carbocycles. The van der Waals surface area contributed by atoms with Crippen molar-refractivity contribution in [2.24, 2.45) is 0 Å². The predicted molar refractivity (Wildman–Crippen MR) is 102 cm³/mol. The largest absolute Gasteiger partial charge is 0.495 e. The van der Waals surface area contributed by atoms with E-state index in [2.05, 4.69) is 10.6 Å². The van der Waals surface area contributed by atoms with E-state index < -0.39 is 0 Å². The lowest BCUT2D eigenvalue weighted by Crippen LogP contribution is -3.19. The predicted octanol–water partition coefficient (Wildman–Crippen LogP) is 0.936. The summed E-state index contributed by atoms with van der Waals surface area (Å²) in [6.07, 6.45) is 0. The number of carbonyl (C=O) groups excluding carboxylic acids is 2. The number of hydrogen-bond acceptors (Lipinski definition) is 4. The van der Waals surface area contributed by atoms with Crippen LogP contribution in [0.5, 0.6) is 5.75 Å². The van der Waals surface area contributed by atoms with Crippen LogP contribution >= 0.6 is 0 Å². The first-order valence-corrected chi connectivity index (χ1v) is 8.98. The molecule has 2 atom stereocenters. The number of para-hydroxylation sites is 1. The highest BCUT2D eigenvalue weighted by molar-refractivity contribution is 6.08. The molecule has 1 saturated heterocycles. The zero-order valence-corrected chi connectivity index (χ0v) is 15.3. The monoisotopic (exact) mass is 368 g/mol. The molecule has 4 rings (SSSR count). The van der Waals surface area contributed by atoms with Gasteiger partial charge in [0.05, 0.1) is 25.9 Å². The number of rotatable bonds is 4. The molecule has 3 N–H and O–H groups in total. The SMILES string of the molecule is COc1cc2c(cc1NC(=O)[C@@H](C)[NH+]1CCNC(=O)C1)oc1ccccc12. The number of methoxy groups -OCH3 is 1. The summed E-state index contributed by atoms with van der Waals surface area (Å²) in [6, 6.07) is 11.1. The highest BCUT2D eigenvalue weighted by Gasteiger charge is 2.30. The van der Waals surface area contributed by atoms with Crippen LogP contribution in [0.25, 0.3) is 21.9 Å². The number of furan rings is 1. The smallest absolute Gasteiger partial charge is 0.282 e. The number of benzene rings is 2. The molecule has 0 spiro atoms. The molecule has 2 amide bonds. The number of fused-ring (bicyclic) bond motifs is 3. The van der Waals surface area contributed by atoms with E-state index in [4.69, 9.17) is 9.15 Å². The van der Waals surface area contributed by atoms with Crippen molar-refractivity contribution in [3.8, 4) is 5.75 Å². The first-order valence-electron chi connectivity index (χ1n) is 8.98. The summed E-state index contributed by atoms with van der Waals surface area (Å²) in [4.78, 5) is 25.3. The number of ether oxygens (including phenoxy) is 1. The number of amides is 2. The third kappa shape index (κ3) is 3.21. The zero-order valence-electron chi connectivity index (χ0n) is 15.3. The molecule has 1 aromatic heterocycles. The molecule has 140 valence electrons. The molecule has 2 heterocycles. The maximum atomic E-state index is 12.7. The molecule has 1 aliphatic heterocycles. The van der Waals surface area contributed by atoms with Crippen LogP contribution in [0.2, 0.25) is 0 Å². The number of hydrogen-bond donors (Lipinski definition) is 3. The molecule has 7 nitrogen and oxygen atoms in total. The van der Waals surface area contributed by atoms with Gasteiger partial charge in [-0.25, -0.2) is 0 Å². The second-order valence-corrected chi connectivity index (χ2v) is 6.79. The summed E-state index contributed by atoms with van der Waals surface area (Å²) >= 11 is 0. The van der Waals surface area contributed by atoms with Crippen molar-refractivity contribution >= 4 is 39.4 Å². The molecule has 0 bridgehead atoms. The molecule has 1 fully saturated rings. The summed E-state index contributed by atoms with van der Waals surface area (Å²) < 4.78 is 11.4. The fraction of sp³-hybridized carbons (Fsp3) is 0.300. The summed E-state index contributed by atoms with van der Waals surface area (Å²) in [6.45, 7) is 3.43. The Balaban J connectivity index is 1.63. The Morgan fingerprint density at radius 3 is 2.85 bits per heavy atom. The molecule has 0 saturated carbocycles. The van der Waals surface area contributed by atoms with Crippen LogP contribution in [0.15, 0.2) is 40.8 Å². The van der Waals surface area contributed by atoms with Gasteiger partial charge in [-0.1, -0.05) is 18.2 Å². The zero-order chi connectivity index (χ0) is 19.0. The Labute approximate surface area is 156 Å². The summed E-state index contributed by atoms with van der Waals surface area (Å²) in [7, 11) is 1.57. The van der Waals surface area contributed by atoms with Crippen LogP contribution in [-0.2, 0) is 9.59 Å². The van der Waals surface area contributed by atoms with Gasteiger partial charge in [0, 0.05) is 16.8 Å². The summed E-state index contributed by atoms with van der Waals surface area (Å²) in [5.74, 6) is 0.381. The lowest BCUT2D eigenvalue weighted by Gasteiger charge is -2.28. The van der Waals surface area contributed by atoms with Gasteiger partial charge < -0.3 is 24.7 Å². The first kappa shape index (κ1) is 17.4. The molecule has 2 aromatic carbocycles. The number of piperazine rings is 1. The molecule has 1 aliphatic rings. The van der Waals surface area contributed by atoms with Crippen molar-refractivity contribution in [2.75, 3.05) is 32.1 Å². The normalized spacial score (nSPS) is 18.3. The Morgan fingerprint density at radius 1 is 1.26 bits per heavy atom. The van der Waals surface area contributed by atoms with Gasteiger partial charge in [0.1, 0.15) is 16.9 Å². The summed E-state index contributed by atoms with van der Waals surface area (Å²) in [5, 5.41) is 7.65. The lowest BCUT2D eigenvalue weighted by molar-refractivity contribution is -0.907. The quantitative estimate of drug-likeness (QED) is 0.640. The minimum atomic E-state index is -0.355. The topological polar surface area (TPSA) is 85.0 Å². The maximum Gasteiger partial charge on any atom is 0.282 e. The van der Waals surface area contributed by atoms with E-state index in [9.17, 15) is 9.59 Å². The van der Waals surface area contributed by atoms with Crippen LogP contribution < -0.4 is 20.3 Å². The number of nitrogens with one attached hydrogen (secondary N) is 3. The number of carbonyl (C=O) groups is 2. The van der Waals surface area contributed by atoms with Gasteiger partial charge in [-0.05, 0) is 19.1 Å². The lowest BCUT2D eigenvalue weighted by atomic mass is 10.1. The van der Waals surface area contributed by atoms with E-state index in [-0.39, 0.29) is 17.9 Å². The van der Waals surface area contributed by atoms with E-state index in [1.807, 2.05) is 37.3 Å². The molecular formula is C20H22N3O4+. The van der Waals surface area contributed by atoms with Crippen LogP contribution in [0, 0.1) is 0 Å². The fourth-order valence-electron chi connectivity index (χ4n) is 3.53. The first-order chi connectivity index (χ1) is 13.1. The van der Waals surface area contributed by atoms with E-state index >= 15 is 0 Å².